The maximum atomic E-state index is 4.70. The van der Waals surface area contributed by atoms with Crippen LogP contribution >= 0.6 is 11.8 Å². The van der Waals surface area contributed by atoms with E-state index < -0.39 is 0 Å². The molecule has 3 rings (SSSR count). The van der Waals surface area contributed by atoms with E-state index in [1.54, 1.807) is 11.8 Å². The van der Waals surface area contributed by atoms with Crippen LogP contribution in [0.25, 0.3) is 0 Å². The fraction of sp³-hybridized carbons (Fsp3) is 0.100. The molecule has 109 valence electrons. The Morgan fingerprint density at radius 3 is 2.32 bits per heavy atom. The van der Waals surface area contributed by atoms with Gasteiger partial charge in [0.15, 0.2) is 0 Å². The van der Waals surface area contributed by atoms with Gasteiger partial charge < -0.3 is 0 Å². The summed E-state index contributed by atoms with van der Waals surface area (Å²) in [6.45, 7) is 2.14. The van der Waals surface area contributed by atoms with Crippen LogP contribution in [0.5, 0.6) is 0 Å². The highest BCUT2D eigenvalue weighted by Gasteiger charge is 2.34. The molecule has 0 saturated heterocycles. The minimum absolute atomic E-state index is 0.154. The summed E-state index contributed by atoms with van der Waals surface area (Å²) in [5.41, 5.74) is 1.14. The van der Waals surface area contributed by atoms with E-state index in [-0.39, 0.29) is 6.04 Å². The molecule has 1 fully saturated rings. The molecule has 0 amide bonds. The first kappa shape index (κ1) is 15.4. The fourth-order valence-corrected chi connectivity index (χ4v) is 3.34. The van der Waals surface area contributed by atoms with Gasteiger partial charge in [0.25, 0.3) is 0 Å². The molecule has 2 aromatic carbocycles. The van der Waals surface area contributed by atoms with Crippen LogP contribution in [0.15, 0.2) is 70.6 Å². The molecule has 1 saturated carbocycles. The first-order chi connectivity index (χ1) is 10.8. The van der Waals surface area contributed by atoms with E-state index in [0.29, 0.717) is 0 Å². The average molecular weight is 304 g/mol. The normalized spacial score (nSPS) is 18.0. The van der Waals surface area contributed by atoms with Crippen LogP contribution < -0.4 is 0 Å². The molecule has 0 unspecified atom stereocenters. The smallest absolute Gasteiger partial charge is 0.0551 e. The van der Waals surface area contributed by atoms with E-state index in [0.717, 1.165) is 5.56 Å². The molecule has 1 aliphatic carbocycles. The highest BCUT2D eigenvalue weighted by molar-refractivity contribution is 8.02. The van der Waals surface area contributed by atoms with Crippen molar-refractivity contribution in [2.24, 2.45) is 4.99 Å². The molecule has 1 aliphatic rings. The zero-order valence-corrected chi connectivity index (χ0v) is 13.3. The quantitative estimate of drug-likeness (QED) is 0.707. The summed E-state index contributed by atoms with van der Waals surface area (Å²) in [4.78, 5) is 5.96. The zero-order chi connectivity index (χ0) is 15.2. The zero-order valence-electron chi connectivity index (χ0n) is 12.5. The van der Waals surface area contributed by atoms with Crippen molar-refractivity contribution in [1.82, 2.24) is 0 Å². The lowest BCUT2D eigenvalue weighted by atomic mass is 10.00. The van der Waals surface area contributed by atoms with Crippen LogP contribution in [0, 0.1) is 30.4 Å². The van der Waals surface area contributed by atoms with E-state index in [1.165, 1.54) is 16.1 Å². The Morgan fingerprint density at radius 2 is 1.59 bits per heavy atom. The minimum Gasteiger partial charge on any atom is -0.289 e. The van der Waals surface area contributed by atoms with Crippen molar-refractivity contribution in [3.05, 3.63) is 96.7 Å². The van der Waals surface area contributed by atoms with Crippen LogP contribution in [0.4, 0.5) is 0 Å². The summed E-state index contributed by atoms with van der Waals surface area (Å²) in [6.07, 6.45) is 8.39. The largest absolute Gasteiger partial charge is 0.289 e. The van der Waals surface area contributed by atoms with Crippen molar-refractivity contribution in [3.63, 3.8) is 0 Å². The molecule has 0 heterocycles. The molecular weight excluding hydrogens is 286 g/mol. The van der Waals surface area contributed by atoms with E-state index in [1.807, 2.05) is 30.5 Å². The molecule has 2 heteroatoms. The number of hydrogen-bond acceptors (Lipinski definition) is 2. The third-order valence-electron chi connectivity index (χ3n) is 3.48. The van der Waals surface area contributed by atoms with Gasteiger partial charge >= 0.3 is 0 Å². The second-order valence-electron chi connectivity index (χ2n) is 5.13. The standard InChI is InChI=1S/C20H18NS/c1-16(21-15-17-9-4-2-5-10-17)19-13-8-14-20(19)22-18-11-6-3-7-12-18/h2-16H,1H3/t16-/m0/s1. The Bertz CT molecular complexity index is 594. The number of benzene rings is 2. The van der Waals surface area contributed by atoms with Crippen molar-refractivity contribution < 1.29 is 0 Å². The van der Waals surface area contributed by atoms with Gasteiger partial charge in [0, 0.05) is 22.3 Å². The van der Waals surface area contributed by atoms with Crippen LogP contribution in [-0.2, 0) is 0 Å². The maximum Gasteiger partial charge on any atom is 0.0551 e. The second-order valence-corrected chi connectivity index (χ2v) is 6.24. The van der Waals surface area contributed by atoms with Gasteiger partial charge in [0.05, 0.1) is 6.04 Å². The van der Waals surface area contributed by atoms with Crippen molar-refractivity contribution in [2.45, 2.75) is 17.9 Å². The van der Waals surface area contributed by atoms with Gasteiger partial charge in [-0.25, -0.2) is 0 Å². The SMILES string of the molecule is C[C@H](N=Cc1ccccc1)[C]1[CH][CH][CH][C]1Sc1ccccc1. The summed E-state index contributed by atoms with van der Waals surface area (Å²) in [6, 6.07) is 20.8. The molecule has 1 atom stereocenters. The summed E-state index contributed by atoms with van der Waals surface area (Å²) in [5, 5.41) is 1.28. The van der Waals surface area contributed by atoms with E-state index in [2.05, 4.69) is 62.6 Å². The van der Waals surface area contributed by atoms with Crippen LogP contribution in [0.2, 0.25) is 0 Å². The number of nitrogens with zero attached hydrogens (tertiary/aromatic N) is 1. The molecular formula is C20H18NS. The van der Waals surface area contributed by atoms with E-state index in [4.69, 9.17) is 4.99 Å². The Balaban J connectivity index is 1.63. The van der Waals surface area contributed by atoms with Gasteiger partial charge in [-0.2, -0.15) is 0 Å². The van der Waals surface area contributed by atoms with Gasteiger partial charge in [-0.1, -0.05) is 48.5 Å². The lowest BCUT2D eigenvalue weighted by Gasteiger charge is -2.21. The van der Waals surface area contributed by atoms with E-state index in [9.17, 15) is 0 Å². The highest BCUT2D eigenvalue weighted by Crippen LogP contribution is 2.46. The molecule has 22 heavy (non-hydrogen) atoms. The van der Waals surface area contributed by atoms with Gasteiger partial charge in [-0.15, -0.1) is 11.8 Å². The average Bonchev–Trinajstić information content (AvgIpc) is 3.03. The molecule has 1 nitrogen and oxygen atoms in total. The van der Waals surface area contributed by atoms with Gasteiger partial charge in [0.1, 0.15) is 0 Å². The molecule has 0 bridgehead atoms. The lowest BCUT2D eigenvalue weighted by Crippen LogP contribution is -2.15. The highest BCUT2D eigenvalue weighted by atomic mass is 32.2. The summed E-state index contributed by atoms with van der Waals surface area (Å²) < 4.78 is 0. The number of thioether (sulfide) groups is 1. The number of hydrogen-bond donors (Lipinski definition) is 0. The lowest BCUT2D eigenvalue weighted by molar-refractivity contribution is 0.800. The molecule has 0 aromatic heterocycles. The van der Waals surface area contributed by atoms with Gasteiger partial charge in [0.2, 0.25) is 0 Å². The molecule has 5 radical (unpaired) electrons. The monoisotopic (exact) mass is 304 g/mol. The predicted molar refractivity (Wildman–Crippen MR) is 95.2 cm³/mol. The third kappa shape index (κ3) is 4.01. The molecule has 2 aromatic rings. The van der Waals surface area contributed by atoms with Gasteiger partial charge in [-0.3, -0.25) is 4.99 Å². The Hall–Kier alpha value is -1.54. The molecule has 0 N–H and O–H groups in total. The number of rotatable bonds is 5. The minimum atomic E-state index is 0.154. The molecule has 0 aliphatic heterocycles. The number of aliphatic imine (C=N–C) groups is 1. The summed E-state index contributed by atoms with van der Waals surface area (Å²) in [5.74, 6) is 1.28. The van der Waals surface area contributed by atoms with Crippen LogP contribution in [0.1, 0.15) is 12.5 Å². The third-order valence-corrected chi connectivity index (χ3v) is 4.58. The fourth-order valence-electron chi connectivity index (χ4n) is 2.29. The van der Waals surface area contributed by atoms with Gasteiger partial charge in [-0.05, 0) is 43.9 Å². The van der Waals surface area contributed by atoms with E-state index >= 15 is 0 Å². The Labute approximate surface area is 137 Å². The van der Waals surface area contributed by atoms with Crippen LogP contribution in [0.3, 0.4) is 0 Å². The maximum absolute atomic E-state index is 4.70. The first-order valence-electron chi connectivity index (χ1n) is 7.39. The van der Waals surface area contributed by atoms with Crippen LogP contribution in [-0.4, -0.2) is 12.3 Å². The second kappa shape index (κ2) is 7.64. The Morgan fingerprint density at radius 1 is 0.909 bits per heavy atom. The predicted octanol–water partition coefficient (Wildman–Crippen LogP) is 5.02. The van der Waals surface area contributed by atoms with Crippen molar-refractivity contribution >= 4 is 18.0 Å². The first-order valence-corrected chi connectivity index (χ1v) is 8.21. The van der Waals surface area contributed by atoms with Crippen molar-refractivity contribution in [2.75, 3.05) is 0 Å². The summed E-state index contributed by atoms with van der Waals surface area (Å²) in [7, 11) is 0. The van der Waals surface area contributed by atoms with Crippen molar-refractivity contribution in [1.29, 1.82) is 0 Å². The topological polar surface area (TPSA) is 12.4 Å². The molecule has 0 spiro atoms. The van der Waals surface area contributed by atoms with Crippen molar-refractivity contribution in [3.8, 4) is 0 Å². The summed E-state index contributed by atoms with van der Waals surface area (Å²) >= 11 is 1.80. The Kier molecular flexibility index (Phi) is 5.33.